The van der Waals surface area contributed by atoms with E-state index in [4.69, 9.17) is 10.8 Å². The number of carboxylic acid groups (broad SMARTS) is 1. The lowest BCUT2D eigenvalue weighted by Gasteiger charge is -2.16. The van der Waals surface area contributed by atoms with E-state index in [0.29, 0.717) is 0 Å². The van der Waals surface area contributed by atoms with Gasteiger partial charge in [0.1, 0.15) is 5.82 Å². The third-order valence-corrected chi connectivity index (χ3v) is 3.02. The van der Waals surface area contributed by atoms with Crippen molar-refractivity contribution in [2.24, 2.45) is 11.7 Å². The van der Waals surface area contributed by atoms with E-state index in [1.165, 1.54) is 11.0 Å². The number of carbonyl (C=O) groups excluding carboxylic acids is 2. The fourth-order valence-corrected chi connectivity index (χ4v) is 1.99. The van der Waals surface area contributed by atoms with Gasteiger partial charge in [-0.1, -0.05) is 0 Å². The standard InChI is InChI=1S/C12H11FN2O4/c13-9-4-7(1-2-8(9)12(18)19)15-5-6(11(14)17)3-10(15)16/h1-2,4,6H,3,5H2,(H2,14,17)(H,18,19). The van der Waals surface area contributed by atoms with Crippen molar-refractivity contribution in [1.29, 1.82) is 0 Å². The number of amides is 2. The Kier molecular flexibility index (Phi) is 3.20. The highest BCUT2D eigenvalue weighted by atomic mass is 19.1. The molecule has 1 aliphatic rings. The van der Waals surface area contributed by atoms with E-state index >= 15 is 0 Å². The van der Waals surface area contributed by atoms with Crippen LogP contribution in [0.2, 0.25) is 0 Å². The van der Waals surface area contributed by atoms with Gasteiger partial charge in [0.25, 0.3) is 0 Å². The van der Waals surface area contributed by atoms with Gasteiger partial charge < -0.3 is 15.7 Å². The van der Waals surface area contributed by atoms with E-state index in [2.05, 4.69) is 0 Å². The molecule has 0 saturated carbocycles. The van der Waals surface area contributed by atoms with Crippen molar-refractivity contribution in [2.75, 3.05) is 11.4 Å². The molecule has 1 aromatic rings. The molecule has 3 N–H and O–H groups in total. The molecule has 1 unspecified atom stereocenters. The second-order valence-electron chi connectivity index (χ2n) is 4.28. The van der Waals surface area contributed by atoms with Gasteiger partial charge in [-0.15, -0.1) is 0 Å². The fraction of sp³-hybridized carbons (Fsp3) is 0.250. The normalized spacial score (nSPS) is 18.7. The third kappa shape index (κ3) is 2.40. The largest absolute Gasteiger partial charge is 0.478 e. The average Bonchev–Trinajstić information content (AvgIpc) is 2.71. The number of hydrogen-bond acceptors (Lipinski definition) is 3. The summed E-state index contributed by atoms with van der Waals surface area (Å²) < 4.78 is 13.5. The number of rotatable bonds is 3. The monoisotopic (exact) mass is 266 g/mol. The zero-order chi connectivity index (χ0) is 14.2. The summed E-state index contributed by atoms with van der Waals surface area (Å²) in [6, 6.07) is 3.37. The van der Waals surface area contributed by atoms with E-state index in [1.807, 2.05) is 0 Å². The molecule has 1 aromatic carbocycles. The summed E-state index contributed by atoms with van der Waals surface area (Å²) >= 11 is 0. The Balaban J connectivity index is 2.28. The third-order valence-electron chi connectivity index (χ3n) is 3.02. The Hall–Kier alpha value is -2.44. The van der Waals surface area contributed by atoms with Crippen molar-refractivity contribution in [3.05, 3.63) is 29.6 Å². The molecule has 1 atom stereocenters. The minimum absolute atomic E-state index is 0.0162. The molecule has 2 rings (SSSR count). The molecule has 7 heteroatoms. The maximum absolute atomic E-state index is 13.5. The van der Waals surface area contributed by atoms with Crippen LogP contribution in [0.1, 0.15) is 16.8 Å². The Bertz CT molecular complexity index is 573. The number of aromatic carboxylic acids is 1. The SMILES string of the molecule is NC(=O)C1CC(=O)N(c2ccc(C(=O)O)c(F)c2)C1. The number of anilines is 1. The van der Waals surface area contributed by atoms with Crippen LogP contribution in [0.5, 0.6) is 0 Å². The van der Waals surface area contributed by atoms with Gasteiger partial charge in [0.2, 0.25) is 11.8 Å². The fourth-order valence-electron chi connectivity index (χ4n) is 1.99. The molecule has 6 nitrogen and oxygen atoms in total. The minimum atomic E-state index is -1.38. The second-order valence-corrected chi connectivity index (χ2v) is 4.28. The van der Waals surface area contributed by atoms with E-state index in [-0.39, 0.29) is 24.6 Å². The summed E-state index contributed by atoms with van der Waals surface area (Å²) in [6.45, 7) is 0.0834. The first-order chi connectivity index (χ1) is 8.90. The zero-order valence-corrected chi connectivity index (χ0v) is 9.80. The first-order valence-electron chi connectivity index (χ1n) is 5.52. The van der Waals surface area contributed by atoms with Crippen LogP contribution in [-0.2, 0) is 9.59 Å². The summed E-state index contributed by atoms with van der Waals surface area (Å²) in [5, 5.41) is 8.71. The summed E-state index contributed by atoms with van der Waals surface area (Å²) in [6.07, 6.45) is -0.0162. The summed E-state index contributed by atoms with van der Waals surface area (Å²) in [5.41, 5.74) is 4.87. The zero-order valence-electron chi connectivity index (χ0n) is 9.80. The van der Waals surface area contributed by atoms with Crippen LogP contribution in [0.3, 0.4) is 0 Å². The summed E-state index contributed by atoms with van der Waals surface area (Å²) in [7, 11) is 0. The van der Waals surface area contributed by atoms with Gasteiger partial charge >= 0.3 is 5.97 Å². The maximum Gasteiger partial charge on any atom is 0.338 e. The van der Waals surface area contributed by atoms with Crippen LogP contribution in [0, 0.1) is 11.7 Å². The number of carbonyl (C=O) groups is 3. The predicted octanol–water partition coefficient (Wildman–Crippen LogP) is 0.362. The number of halogens is 1. The van der Waals surface area contributed by atoms with E-state index < -0.39 is 29.2 Å². The predicted molar refractivity (Wildman–Crippen MR) is 63.0 cm³/mol. The lowest BCUT2D eigenvalue weighted by molar-refractivity contribution is -0.123. The van der Waals surface area contributed by atoms with Gasteiger partial charge in [-0.25, -0.2) is 9.18 Å². The van der Waals surface area contributed by atoms with Crippen molar-refractivity contribution in [3.63, 3.8) is 0 Å². The van der Waals surface area contributed by atoms with Crippen LogP contribution in [0.25, 0.3) is 0 Å². The van der Waals surface area contributed by atoms with Crippen molar-refractivity contribution in [2.45, 2.75) is 6.42 Å². The molecule has 1 fully saturated rings. The lowest BCUT2D eigenvalue weighted by Crippen LogP contribution is -2.28. The van der Waals surface area contributed by atoms with Crippen molar-refractivity contribution in [1.82, 2.24) is 0 Å². The van der Waals surface area contributed by atoms with Gasteiger partial charge in [-0.2, -0.15) is 0 Å². The van der Waals surface area contributed by atoms with E-state index in [1.54, 1.807) is 0 Å². The Morgan fingerprint density at radius 2 is 2.11 bits per heavy atom. The van der Waals surface area contributed by atoms with Gasteiger partial charge in [-0.3, -0.25) is 9.59 Å². The first-order valence-corrected chi connectivity index (χ1v) is 5.52. The smallest absolute Gasteiger partial charge is 0.338 e. The van der Waals surface area contributed by atoms with Crippen molar-refractivity contribution in [3.8, 4) is 0 Å². The summed E-state index contributed by atoms with van der Waals surface area (Å²) in [5.74, 6) is -3.84. The van der Waals surface area contributed by atoms with Gasteiger partial charge in [0.05, 0.1) is 11.5 Å². The molecule has 1 aliphatic heterocycles. The molecule has 2 amide bonds. The number of nitrogens with zero attached hydrogens (tertiary/aromatic N) is 1. The van der Waals surface area contributed by atoms with Crippen LogP contribution >= 0.6 is 0 Å². The van der Waals surface area contributed by atoms with Gasteiger partial charge in [0, 0.05) is 18.7 Å². The average molecular weight is 266 g/mol. The van der Waals surface area contributed by atoms with E-state index in [0.717, 1.165) is 12.1 Å². The molecule has 0 aliphatic carbocycles. The highest BCUT2D eigenvalue weighted by molar-refractivity contribution is 6.00. The van der Waals surface area contributed by atoms with Gasteiger partial charge in [-0.05, 0) is 18.2 Å². The number of hydrogen-bond donors (Lipinski definition) is 2. The number of carboxylic acids is 1. The van der Waals surface area contributed by atoms with Crippen LogP contribution in [0.4, 0.5) is 10.1 Å². The summed E-state index contributed by atoms with van der Waals surface area (Å²) in [4.78, 5) is 34.6. The van der Waals surface area contributed by atoms with Crippen molar-refractivity contribution >= 4 is 23.5 Å². The number of primary amides is 1. The molecule has 19 heavy (non-hydrogen) atoms. The number of benzene rings is 1. The minimum Gasteiger partial charge on any atom is -0.478 e. The van der Waals surface area contributed by atoms with Gasteiger partial charge in [0.15, 0.2) is 0 Å². The molecule has 0 radical (unpaired) electrons. The van der Waals surface area contributed by atoms with Crippen LogP contribution < -0.4 is 10.6 Å². The molecule has 1 heterocycles. The molecule has 1 saturated heterocycles. The topological polar surface area (TPSA) is 101 Å². The van der Waals surface area contributed by atoms with E-state index in [9.17, 15) is 18.8 Å². The Morgan fingerprint density at radius 1 is 1.42 bits per heavy atom. The maximum atomic E-state index is 13.5. The highest BCUT2D eigenvalue weighted by Gasteiger charge is 2.34. The molecule has 0 bridgehead atoms. The quantitative estimate of drug-likeness (QED) is 0.824. The Morgan fingerprint density at radius 3 is 2.58 bits per heavy atom. The lowest BCUT2D eigenvalue weighted by atomic mass is 10.1. The number of nitrogens with two attached hydrogens (primary N) is 1. The van der Waals surface area contributed by atoms with Crippen LogP contribution in [-0.4, -0.2) is 29.4 Å². The molecule has 0 spiro atoms. The highest BCUT2D eigenvalue weighted by Crippen LogP contribution is 2.26. The molecule has 100 valence electrons. The molecular formula is C12H11FN2O4. The Labute approximate surface area is 107 Å². The van der Waals surface area contributed by atoms with Crippen LogP contribution in [0.15, 0.2) is 18.2 Å². The van der Waals surface area contributed by atoms with Crippen molar-refractivity contribution < 1.29 is 23.9 Å². The second kappa shape index (κ2) is 4.68. The molecule has 0 aromatic heterocycles. The first kappa shape index (κ1) is 13.0. The molecular weight excluding hydrogens is 255 g/mol.